The fourth-order valence-electron chi connectivity index (χ4n) is 2.72. The zero-order valence-electron chi connectivity index (χ0n) is 14.1. The van der Waals surface area contributed by atoms with Gasteiger partial charge in [0.15, 0.2) is 5.82 Å². The molecule has 6 nitrogen and oxygen atoms in total. The van der Waals surface area contributed by atoms with E-state index in [-0.39, 0.29) is 12.4 Å². The van der Waals surface area contributed by atoms with Crippen LogP contribution in [-0.2, 0) is 22.4 Å². The summed E-state index contributed by atoms with van der Waals surface area (Å²) in [6.45, 7) is 6.11. The molecule has 0 spiro atoms. The standard InChI is InChI=1S/C18H20N4O2/c1-4-24-17(23)11-16-20-18-19-12(2)15(13(3)22(18)21-16)10-14-8-6-5-7-9-14/h5-9H,4,10-11H2,1-3H3. The summed E-state index contributed by atoms with van der Waals surface area (Å²) < 4.78 is 6.66. The van der Waals surface area contributed by atoms with E-state index in [2.05, 4.69) is 27.2 Å². The molecule has 0 unspecified atom stereocenters. The maximum Gasteiger partial charge on any atom is 0.313 e. The highest BCUT2D eigenvalue weighted by Crippen LogP contribution is 2.18. The van der Waals surface area contributed by atoms with Crippen LogP contribution in [0.3, 0.4) is 0 Å². The Labute approximate surface area is 140 Å². The summed E-state index contributed by atoms with van der Waals surface area (Å²) in [5, 5.41) is 4.42. The van der Waals surface area contributed by atoms with Crippen LogP contribution in [0.15, 0.2) is 30.3 Å². The lowest BCUT2D eigenvalue weighted by Crippen LogP contribution is -2.09. The van der Waals surface area contributed by atoms with Gasteiger partial charge in [-0.3, -0.25) is 4.79 Å². The molecule has 0 radical (unpaired) electrons. The number of esters is 1. The Morgan fingerprint density at radius 2 is 1.92 bits per heavy atom. The fourth-order valence-corrected chi connectivity index (χ4v) is 2.72. The summed E-state index contributed by atoms with van der Waals surface area (Å²) in [6, 6.07) is 10.2. The van der Waals surface area contributed by atoms with Crippen molar-refractivity contribution in [2.24, 2.45) is 0 Å². The zero-order chi connectivity index (χ0) is 17.1. The monoisotopic (exact) mass is 324 g/mol. The Bertz CT molecular complexity index is 872. The molecule has 0 aliphatic heterocycles. The largest absolute Gasteiger partial charge is 0.466 e. The summed E-state index contributed by atoms with van der Waals surface area (Å²) in [7, 11) is 0. The second-order valence-corrected chi connectivity index (χ2v) is 5.65. The van der Waals surface area contributed by atoms with Crippen molar-refractivity contribution in [3.63, 3.8) is 0 Å². The molecule has 1 aromatic carbocycles. The SMILES string of the molecule is CCOC(=O)Cc1nc2nc(C)c(Cc3ccccc3)c(C)n2n1. The molecule has 6 heteroatoms. The predicted octanol–water partition coefficient (Wildman–Crippen LogP) is 2.44. The molecule has 0 bridgehead atoms. The predicted molar refractivity (Wildman–Crippen MR) is 89.8 cm³/mol. The highest BCUT2D eigenvalue weighted by Gasteiger charge is 2.15. The normalized spacial score (nSPS) is 11.0. The number of aromatic nitrogens is 4. The van der Waals surface area contributed by atoms with Crippen LogP contribution in [0.4, 0.5) is 0 Å². The van der Waals surface area contributed by atoms with Crippen LogP contribution in [0.25, 0.3) is 5.78 Å². The van der Waals surface area contributed by atoms with Crippen LogP contribution in [0, 0.1) is 13.8 Å². The van der Waals surface area contributed by atoms with Crippen molar-refractivity contribution in [3.8, 4) is 0 Å². The van der Waals surface area contributed by atoms with Crippen molar-refractivity contribution in [2.75, 3.05) is 6.61 Å². The Morgan fingerprint density at radius 1 is 1.17 bits per heavy atom. The lowest BCUT2D eigenvalue weighted by atomic mass is 10.0. The summed E-state index contributed by atoms with van der Waals surface area (Å²) in [4.78, 5) is 20.5. The Kier molecular flexibility index (Phi) is 4.55. The maximum absolute atomic E-state index is 11.6. The van der Waals surface area contributed by atoms with E-state index >= 15 is 0 Å². The van der Waals surface area contributed by atoms with Gasteiger partial charge >= 0.3 is 5.97 Å². The summed E-state index contributed by atoms with van der Waals surface area (Å²) >= 11 is 0. The number of carbonyl (C=O) groups excluding carboxylic acids is 1. The van der Waals surface area contributed by atoms with E-state index < -0.39 is 0 Å². The minimum Gasteiger partial charge on any atom is -0.466 e. The van der Waals surface area contributed by atoms with Crippen molar-refractivity contribution in [3.05, 3.63) is 58.7 Å². The molecule has 0 aliphatic rings. The first-order valence-corrected chi connectivity index (χ1v) is 7.99. The molecule has 0 amide bonds. The quantitative estimate of drug-likeness (QED) is 0.674. The number of hydrogen-bond acceptors (Lipinski definition) is 5. The molecule has 0 saturated heterocycles. The van der Waals surface area contributed by atoms with Crippen LogP contribution in [0.5, 0.6) is 0 Å². The first-order valence-electron chi connectivity index (χ1n) is 7.99. The Hall–Kier alpha value is -2.76. The zero-order valence-corrected chi connectivity index (χ0v) is 14.1. The van der Waals surface area contributed by atoms with Crippen LogP contribution < -0.4 is 0 Å². The molecular formula is C18H20N4O2. The third-order valence-electron chi connectivity index (χ3n) is 3.92. The lowest BCUT2D eigenvalue weighted by Gasteiger charge is -2.10. The van der Waals surface area contributed by atoms with Gasteiger partial charge in [-0.15, -0.1) is 5.10 Å². The van der Waals surface area contributed by atoms with Gasteiger partial charge in [0, 0.05) is 17.8 Å². The minimum atomic E-state index is -0.327. The second-order valence-electron chi connectivity index (χ2n) is 5.65. The van der Waals surface area contributed by atoms with Gasteiger partial charge in [-0.25, -0.2) is 9.50 Å². The maximum atomic E-state index is 11.6. The van der Waals surface area contributed by atoms with E-state index in [1.54, 1.807) is 11.4 Å². The molecule has 2 aromatic heterocycles. The number of fused-ring (bicyclic) bond motifs is 1. The summed E-state index contributed by atoms with van der Waals surface area (Å²) in [5.74, 6) is 0.619. The summed E-state index contributed by atoms with van der Waals surface area (Å²) in [6.07, 6.45) is 0.845. The van der Waals surface area contributed by atoms with Gasteiger partial charge in [0.1, 0.15) is 6.42 Å². The van der Waals surface area contributed by atoms with E-state index in [4.69, 9.17) is 4.74 Å². The smallest absolute Gasteiger partial charge is 0.313 e. The lowest BCUT2D eigenvalue weighted by molar-refractivity contribution is -0.142. The van der Waals surface area contributed by atoms with Crippen molar-refractivity contribution in [1.82, 2.24) is 19.6 Å². The Morgan fingerprint density at radius 3 is 2.62 bits per heavy atom. The number of ether oxygens (including phenoxy) is 1. The van der Waals surface area contributed by atoms with Gasteiger partial charge in [-0.1, -0.05) is 30.3 Å². The van der Waals surface area contributed by atoms with Crippen molar-refractivity contribution < 1.29 is 9.53 Å². The molecule has 3 rings (SSSR count). The van der Waals surface area contributed by atoms with Crippen LogP contribution >= 0.6 is 0 Å². The van der Waals surface area contributed by atoms with E-state index in [1.165, 1.54) is 5.56 Å². The molecule has 124 valence electrons. The fraction of sp³-hybridized carbons (Fsp3) is 0.333. The molecule has 0 saturated carbocycles. The number of nitrogens with zero attached hydrogens (tertiary/aromatic N) is 4. The molecule has 0 aliphatic carbocycles. The number of aryl methyl sites for hydroxylation is 2. The third-order valence-corrected chi connectivity index (χ3v) is 3.92. The van der Waals surface area contributed by atoms with Crippen LogP contribution in [0.1, 0.15) is 35.3 Å². The molecule has 0 atom stereocenters. The number of rotatable bonds is 5. The van der Waals surface area contributed by atoms with E-state index in [0.29, 0.717) is 18.2 Å². The van der Waals surface area contributed by atoms with Gasteiger partial charge in [0.25, 0.3) is 5.78 Å². The molecular weight excluding hydrogens is 304 g/mol. The molecule has 24 heavy (non-hydrogen) atoms. The van der Waals surface area contributed by atoms with Crippen LogP contribution in [0.2, 0.25) is 0 Å². The second kappa shape index (κ2) is 6.78. The third kappa shape index (κ3) is 3.27. The van der Waals surface area contributed by atoms with Gasteiger partial charge in [-0.2, -0.15) is 4.98 Å². The summed E-state index contributed by atoms with van der Waals surface area (Å²) in [5.41, 5.74) is 4.26. The van der Waals surface area contributed by atoms with Gasteiger partial charge in [0.2, 0.25) is 0 Å². The molecule has 2 heterocycles. The first kappa shape index (κ1) is 16.1. The average Bonchev–Trinajstić information content (AvgIpc) is 2.95. The van der Waals surface area contributed by atoms with Crippen LogP contribution in [-0.4, -0.2) is 32.2 Å². The number of hydrogen-bond donors (Lipinski definition) is 0. The number of benzene rings is 1. The number of carbonyl (C=O) groups is 1. The van der Waals surface area contributed by atoms with Crippen molar-refractivity contribution in [1.29, 1.82) is 0 Å². The average molecular weight is 324 g/mol. The minimum absolute atomic E-state index is 0.0592. The van der Waals surface area contributed by atoms with E-state index in [1.807, 2.05) is 32.0 Å². The van der Waals surface area contributed by atoms with Gasteiger partial charge in [0.05, 0.1) is 6.61 Å². The van der Waals surface area contributed by atoms with Gasteiger partial charge in [-0.05, 0) is 31.9 Å². The van der Waals surface area contributed by atoms with Crippen molar-refractivity contribution >= 4 is 11.7 Å². The van der Waals surface area contributed by atoms with Crippen molar-refractivity contribution in [2.45, 2.75) is 33.6 Å². The van der Waals surface area contributed by atoms with E-state index in [0.717, 1.165) is 23.4 Å². The molecule has 0 N–H and O–H groups in total. The highest BCUT2D eigenvalue weighted by atomic mass is 16.5. The highest BCUT2D eigenvalue weighted by molar-refractivity contribution is 5.71. The topological polar surface area (TPSA) is 69.4 Å². The first-order chi connectivity index (χ1) is 11.6. The molecule has 0 fully saturated rings. The van der Waals surface area contributed by atoms with E-state index in [9.17, 15) is 4.79 Å². The Balaban J connectivity index is 1.95. The molecule has 3 aromatic rings. The van der Waals surface area contributed by atoms with Gasteiger partial charge < -0.3 is 4.74 Å².